The highest BCUT2D eigenvalue weighted by Gasteiger charge is 2.09. The van der Waals surface area contributed by atoms with Crippen LogP contribution in [0.25, 0.3) is 0 Å². The van der Waals surface area contributed by atoms with Crippen LogP contribution in [0, 0.1) is 5.92 Å². The summed E-state index contributed by atoms with van der Waals surface area (Å²) in [5.74, 6) is 1.16. The van der Waals surface area contributed by atoms with Crippen molar-refractivity contribution < 1.29 is 9.53 Å². The van der Waals surface area contributed by atoms with Crippen molar-refractivity contribution in [1.82, 2.24) is 0 Å². The molecule has 0 saturated heterocycles. The Labute approximate surface area is 101 Å². The molecule has 88 valence electrons. The molecule has 0 spiro atoms. The summed E-state index contributed by atoms with van der Waals surface area (Å²) < 4.78 is 5.01. The normalized spacial score (nSPS) is 12.4. The number of carbonyl (C=O) groups excluding carboxylic acids is 1. The Hall–Kier alpha value is -0.800. The van der Waals surface area contributed by atoms with Gasteiger partial charge in [-0.05, 0) is 18.1 Å². The molecule has 0 N–H and O–H groups in total. The van der Waals surface area contributed by atoms with E-state index in [1.165, 1.54) is 0 Å². The van der Waals surface area contributed by atoms with Gasteiger partial charge in [0.1, 0.15) is 5.78 Å². The molecule has 0 aliphatic rings. The molecule has 3 heteroatoms. The molecule has 0 aliphatic heterocycles. The quantitative estimate of drug-likeness (QED) is 0.683. The fourth-order valence-corrected chi connectivity index (χ4v) is 2.27. The van der Waals surface area contributed by atoms with Crippen LogP contribution in [0.5, 0.6) is 0 Å². The Morgan fingerprint density at radius 3 is 2.69 bits per heavy atom. The van der Waals surface area contributed by atoms with Crippen LogP contribution >= 0.6 is 11.8 Å². The summed E-state index contributed by atoms with van der Waals surface area (Å²) in [6, 6.07) is 10.0. The van der Waals surface area contributed by atoms with Gasteiger partial charge in [0, 0.05) is 25.0 Å². The average molecular weight is 238 g/mol. The number of benzene rings is 1. The van der Waals surface area contributed by atoms with E-state index in [2.05, 4.69) is 0 Å². The molecule has 0 saturated carbocycles. The maximum absolute atomic E-state index is 11.6. The van der Waals surface area contributed by atoms with Gasteiger partial charge in [-0.15, -0.1) is 11.8 Å². The monoisotopic (exact) mass is 238 g/mol. The second-order valence-electron chi connectivity index (χ2n) is 3.91. The maximum atomic E-state index is 11.6. The summed E-state index contributed by atoms with van der Waals surface area (Å²) in [5, 5.41) is 0. The van der Waals surface area contributed by atoms with Crippen LogP contribution < -0.4 is 0 Å². The van der Waals surface area contributed by atoms with Gasteiger partial charge in [-0.25, -0.2) is 0 Å². The van der Waals surface area contributed by atoms with E-state index < -0.39 is 0 Å². The lowest BCUT2D eigenvalue weighted by Gasteiger charge is -2.08. The summed E-state index contributed by atoms with van der Waals surface area (Å²) in [4.78, 5) is 12.8. The molecule has 0 aliphatic carbocycles. The smallest absolute Gasteiger partial charge is 0.143 e. The highest BCUT2D eigenvalue weighted by atomic mass is 32.2. The number of thioether (sulfide) groups is 1. The van der Waals surface area contributed by atoms with Crippen molar-refractivity contribution >= 4 is 17.5 Å². The van der Waals surface area contributed by atoms with Crippen LogP contribution in [0.1, 0.15) is 13.3 Å². The first-order valence-corrected chi connectivity index (χ1v) is 6.39. The molecule has 0 fully saturated rings. The number of hydrogen-bond donors (Lipinski definition) is 0. The first-order chi connectivity index (χ1) is 7.72. The fraction of sp³-hybridized carbons (Fsp3) is 0.462. The number of ether oxygens (including phenoxy) is 1. The van der Waals surface area contributed by atoms with E-state index in [1.54, 1.807) is 18.9 Å². The van der Waals surface area contributed by atoms with Gasteiger partial charge in [0.2, 0.25) is 0 Å². The Morgan fingerprint density at radius 1 is 1.38 bits per heavy atom. The molecule has 1 aromatic rings. The Morgan fingerprint density at radius 2 is 2.06 bits per heavy atom. The first kappa shape index (κ1) is 13.3. The topological polar surface area (TPSA) is 26.3 Å². The highest BCUT2D eigenvalue weighted by Crippen LogP contribution is 2.18. The van der Waals surface area contributed by atoms with Crippen molar-refractivity contribution in [2.24, 2.45) is 5.92 Å². The molecule has 1 aromatic carbocycles. The molecule has 16 heavy (non-hydrogen) atoms. The number of ketones is 1. The number of Topliss-reactive ketones (excluding diaryl/α,β-unsaturated/α-hetero) is 1. The van der Waals surface area contributed by atoms with Gasteiger partial charge in [-0.2, -0.15) is 0 Å². The second-order valence-corrected chi connectivity index (χ2v) is 4.95. The summed E-state index contributed by atoms with van der Waals surface area (Å²) in [7, 11) is 1.67. The lowest BCUT2D eigenvalue weighted by molar-refractivity contribution is -0.117. The molecule has 0 bridgehead atoms. The van der Waals surface area contributed by atoms with E-state index in [-0.39, 0.29) is 0 Å². The van der Waals surface area contributed by atoms with E-state index in [0.717, 1.165) is 4.90 Å². The van der Waals surface area contributed by atoms with Crippen LogP contribution in [0.15, 0.2) is 35.2 Å². The van der Waals surface area contributed by atoms with E-state index in [0.29, 0.717) is 30.5 Å². The van der Waals surface area contributed by atoms with Crippen molar-refractivity contribution in [1.29, 1.82) is 0 Å². The summed E-state index contributed by atoms with van der Waals surface area (Å²) in [5.41, 5.74) is 0. The molecule has 0 unspecified atom stereocenters. The third-order valence-corrected chi connectivity index (χ3v) is 3.24. The van der Waals surface area contributed by atoms with Crippen LogP contribution in [-0.4, -0.2) is 25.3 Å². The molecular formula is C13H18O2S. The zero-order valence-electron chi connectivity index (χ0n) is 9.81. The second kappa shape index (κ2) is 7.47. The number of rotatable bonds is 7. The molecule has 2 nitrogen and oxygen atoms in total. The summed E-state index contributed by atoms with van der Waals surface area (Å²) in [6.07, 6.45) is 0.605. The van der Waals surface area contributed by atoms with Gasteiger partial charge in [0.05, 0.1) is 5.75 Å². The molecular weight excluding hydrogens is 220 g/mol. The van der Waals surface area contributed by atoms with Crippen molar-refractivity contribution in [2.45, 2.75) is 18.2 Å². The van der Waals surface area contributed by atoms with Gasteiger partial charge < -0.3 is 4.74 Å². The lowest BCUT2D eigenvalue weighted by atomic mass is 10.1. The standard InChI is InChI=1S/C13H18O2S/c1-11(9-15-2)8-12(14)10-16-13-6-4-3-5-7-13/h3-7,11H,8-10H2,1-2H3/t11-/m1/s1. The largest absolute Gasteiger partial charge is 0.384 e. The van der Waals surface area contributed by atoms with E-state index >= 15 is 0 Å². The maximum Gasteiger partial charge on any atom is 0.143 e. The van der Waals surface area contributed by atoms with Gasteiger partial charge >= 0.3 is 0 Å². The zero-order valence-corrected chi connectivity index (χ0v) is 10.6. The predicted molar refractivity (Wildman–Crippen MR) is 67.8 cm³/mol. The van der Waals surface area contributed by atoms with E-state index in [9.17, 15) is 4.79 Å². The molecule has 0 aromatic heterocycles. The van der Waals surface area contributed by atoms with Gasteiger partial charge in [-0.1, -0.05) is 25.1 Å². The Balaban J connectivity index is 2.25. The van der Waals surface area contributed by atoms with Crippen LogP contribution in [-0.2, 0) is 9.53 Å². The number of carbonyl (C=O) groups is 1. The molecule has 0 amide bonds. The Bertz CT molecular complexity index is 311. The fourth-order valence-electron chi connectivity index (χ4n) is 1.47. The molecule has 0 radical (unpaired) electrons. The average Bonchev–Trinajstić information content (AvgIpc) is 2.28. The highest BCUT2D eigenvalue weighted by molar-refractivity contribution is 8.00. The molecule has 0 heterocycles. The minimum absolute atomic E-state index is 0.290. The SMILES string of the molecule is COC[C@H](C)CC(=O)CSc1ccccc1. The van der Waals surface area contributed by atoms with Crippen LogP contribution in [0.2, 0.25) is 0 Å². The summed E-state index contributed by atoms with van der Waals surface area (Å²) >= 11 is 1.60. The Kier molecular flexibility index (Phi) is 6.19. The molecule has 1 atom stereocenters. The van der Waals surface area contributed by atoms with Crippen LogP contribution in [0.3, 0.4) is 0 Å². The van der Waals surface area contributed by atoms with E-state index in [1.807, 2.05) is 37.3 Å². The summed E-state index contributed by atoms with van der Waals surface area (Å²) in [6.45, 7) is 2.69. The number of methoxy groups -OCH3 is 1. The predicted octanol–water partition coefficient (Wildman–Crippen LogP) is 3.02. The van der Waals surface area contributed by atoms with Crippen molar-refractivity contribution in [3.63, 3.8) is 0 Å². The van der Waals surface area contributed by atoms with Gasteiger partial charge in [-0.3, -0.25) is 4.79 Å². The van der Waals surface area contributed by atoms with Crippen molar-refractivity contribution in [3.05, 3.63) is 30.3 Å². The molecule has 1 rings (SSSR count). The van der Waals surface area contributed by atoms with Crippen LogP contribution in [0.4, 0.5) is 0 Å². The lowest BCUT2D eigenvalue weighted by Crippen LogP contribution is -2.12. The van der Waals surface area contributed by atoms with Crippen molar-refractivity contribution in [3.8, 4) is 0 Å². The third-order valence-electron chi connectivity index (χ3n) is 2.17. The minimum atomic E-state index is 0.290. The van der Waals surface area contributed by atoms with Gasteiger partial charge in [0.25, 0.3) is 0 Å². The first-order valence-electron chi connectivity index (χ1n) is 5.41. The van der Waals surface area contributed by atoms with Crippen molar-refractivity contribution in [2.75, 3.05) is 19.5 Å². The van der Waals surface area contributed by atoms with Gasteiger partial charge in [0.15, 0.2) is 0 Å². The van der Waals surface area contributed by atoms with E-state index in [4.69, 9.17) is 4.74 Å². The number of hydrogen-bond acceptors (Lipinski definition) is 3. The zero-order chi connectivity index (χ0) is 11.8. The third kappa shape index (κ3) is 5.33. The minimum Gasteiger partial charge on any atom is -0.384 e.